The monoisotopic (exact) mass is 221 g/mol. The van der Waals surface area contributed by atoms with E-state index in [1.165, 1.54) is 25.7 Å². The molecule has 0 atom stereocenters. The molecule has 14 heavy (non-hydrogen) atoms. The smallest absolute Gasteiger partial charge is 0.0534 e. The van der Waals surface area contributed by atoms with Crippen molar-refractivity contribution in [1.82, 2.24) is 4.90 Å². The van der Waals surface area contributed by atoms with E-state index >= 15 is 0 Å². The van der Waals surface area contributed by atoms with Crippen LogP contribution in [0.2, 0.25) is 0 Å². The highest BCUT2D eigenvalue weighted by Gasteiger charge is 2.44. The lowest BCUT2D eigenvalue weighted by molar-refractivity contribution is -0.0923. The Hall–Kier alpha value is 0.170. The number of nitrogens with zero attached hydrogens (tertiary/aromatic N) is 1. The molecule has 1 heterocycles. The van der Waals surface area contributed by atoms with Crippen LogP contribution in [0.4, 0.5) is 0 Å². The van der Waals surface area contributed by atoms with Crippen molar-refractivity contribution in [3.05, 3.63) is 0 Å². The molecule has 2 fully saturated rings. The van der Waals surface area contributed by atoms with Crippen molar-refractivity contribution in [2.75, 3.05) is 26.3 Å². The van der Waals surface area contributed by atoms with Crippen LogP contribution < -0.4 is 0 Å². The molecule has 0 unspecified atom stereocenters. The highest BCUT2D eigenvalue weighted by Crippen LogP contribution is 2.35. The molecule has 0 aromatic rings. The third-order valence-corrected chi connectivity index (χ3v) is 3.59. The summed E-state index contributed by atoms with van der Waals surface area (Å²) in [6.07, 6.45) is 5.33. The Labute approximate surface area is 91.5 Å². The number of rotatable bonds is 3. The summed E-state index contributed by atoms with van der Waals surface area (Å²) in [4.78, 5) is 2.42. The number of halogens is 1. The van der Waals surface area contributed by atoms with Crippen LogP contribution in [0.5, 0.6) is 0 Å². The second kappa shape index (κ2) is 4.79. The van der Waals surface area contributed by atoms with Gasteiger partial charge >= 0.3 is 0 Å². The molecule has 0 radical (unpaired) electrons. The second-order valence-corrected chi connectivity index (χ2v) is 4.66. The topological polar surface area (TPSA) is 43.7 Å². The van der Waals surface area contributed by atoms with E-state index in [9.17, 15) is 0 Å². The van der Waals surface area contributed by atoms with Gasteiger partial charge in [-0.15, -0.1) is 12.4 Å². The number of likely N-dealkylation sites (tertiary alicyclic amines) is 1. The Kier molecular flexibility index (Phi) is 4.19. The molecule has 0 amide bonds. The molecule has 1 aliphatic carbocycles. The van der Waals surface area contributed by atoms with Crippen molar-refractivity contribution in [3.63, 3.8) is 0 Å². The Balaban J connectivity index is 0.000000980. The van der Waals surface area contributed by atoms with Gasteiger partial charge in [-0.25, -0.2) is 0 Å². The normalized spacial score (nSPS) is 27.0. The van der Waals surface area contributed by atoms with Crippen LogP contribution >= 0.6 is 12.4 Å². The van der Waals surface area contributed by atoms with Crippen molar-refractivity contribution in [3.8, 4) is 0 Å². The first-order valence-electron chi connectivity index (χ1n) is 5.25. The van der Waals surface area contributed by atoms with E-state index in [1.807, 2.05) is 0 Å². The third-order valence-electron chi connectivity index (χ3n) is 3.59. The lowest BCUT2D eigenvalue weighted by atomic mass is 9.80. The van der Waals surface area contributed by atoms with E-state index in [-0.39, 0.29) is 31.0 Å². The zero-order valence-electron chi connectivity index (χ0n) is 8.48. The van der Waals surface area contributed by atoms with Crippen molar-refractivity contribution < 1.29 is 10.2 Å². The maximum atomic E-state index is 9.11. The molecule has 0 spiro atoms. The van der Waals surface area contributed by atoms with E-state index < -0.39 is 0 Å². The quantitative estimate of drug-likeness (QED) is 0.735. The van der Waals surface area contributed by atoms with Gasteiger partial charge in [-0.3, -0.25) is 4.90 Å². The van der Waals surface area contributed by atoms with Gasteiger partial charge in [-0.2, -0.15) is 0 Å². The standard InChI is InChI=1S/C10H19NO2.ClH/c12-7-10(8-13)5-11(6-10)9-3-1-2-4-9;/h9,12-13H,1-8H2;1H. The molecule has 1 saturated carbocycles. The predicted molar refractivity (Wildman–Crippen MR) is 57.7 cm³/mol. The molecular weight excluding hydrogens is 202 g/mol. The summed E-state index contributed by atoms with van der Waals surface area (Å²) in [5, 5.41) is 18.2. The van der Waals surface area contributed by atoms with E-state index in [2.05, 4.69) is 4.90 Å². The van der Waals surface area contributed by atoms with Crippen molar-refractivity contribution >= 4 is 12.4 Å². The molecule has 84 valence electrons. The van der Waals surface area contributed by atoms with Crippen LogP contribution in [0.25, 0.3) is 0 Å². The number of aliphatic hydroxyl groups is 2. The molecule has 3 nitrogen and oxygen atoms in total. The van der Waals surface area contributed by atoms with Gasteiger partial charge in [0.15, 0.2) is 0 Å². The molecule has 0 aromatic carbocycles. The number of aliphatic hydroxyl groups excluding tert-OH is 2. The highest BCUT2D eigenvalue weighted by molar-refractivity contribution is 5.85. The van der Waals surface area contributed by atoms with Gasteiger partial charge in [0.05, 0.1) is 13.2 Å². The average Bonchev–Trinajstić information content (AvgIpc) is 2.57. The number of hydrogen-bond donors (Lipinski definition) is 2. The summed E-state index contributed by atoms with van der Waals surface area (Å²) in [7, 11) is 0. The van der Waals surface area contributed by atoms with Crippen LogP contribution in [-0.4, -0.2) is 47.5 Å². The van der Waals surface area contributed by atoms with Gasteiger partial charge in [0, 0.05) is 24.5 Å². The molecule has 2 rings (SSSR count). The zero-order valence-corrected chi connectivity index (χ0v) is 9.30. The van der Waals surface area contributed by atoms with Crippen LogP contribution in [0.1, 0.15) is 25.7 Å². The van der Waals surface area contributed by atoms with Gasteiger partial charge in [0.2, 0.25) is 0 Å². The fourth-order valence-corrected chi connectivity index (χ4v) is 2.59. The SMILES string of the molecule is Cl.OCC1(CO)CN(C2CCCC2)C1. The summed E-state index contributed by atoms with van der Waals surface area (Å²) >= 11 is 0. The lowest BCUT2D eigenvalue weighted by Crippen LogP contribution is -2.62. The summed E-state index contributed by atoms with van der Waals surface area (Å²) in [6, 6.07) is 0.742. The first kappa shape index (κ1) is 12.2. The van der Waals surface area contributed by atoms with Gasteiger partial charge in [0.25, 0.3) is 0 Å². The molecule has 0 aromatic heterocycles. The molecule has 4 heteroatoms. The van der Waals surface area contributed by atoms with Gasteiger partial charge in [-0.05, 0) is 12.8 Å². The van der Waals surface area contributed by atoms with Crippen LogP contribution in [0.15, 0.2) is 0 Å². The predicted octanol–water partition coefficient (Wildman–Crippen LogP) is 0.637. The Morgan fingerprint density at radius 1 is 1.07 bits per heavy atom. The second-order valence-electron chi connectivity index (χ2n) is 4.66. The highest BCUT2D eigenvalue weighted by atomic mass is 35.5. The van der Waals surface area contributed by atoms with Crippen LogP contribution in [-0.2, 0) is 0 Å². The summed E-state index contributed by atoms with van der Waals surface area (Å²) in [5.74, 6) is 0. The van der Waals surface area contributed by atoms with Gasteiger partial charge in [-0.1, -0.05) is 12.8 Å². The first-order chi connectivity index (χ1) is 6.29. The van der Waals surface area contributed by atoms with E-state index in [0.29, 0.717) is 0 Å². The third kappa shape index (κ3) is 2.06. The minimum Gasteiger partial charge on any atom is -0.396 e. The van der Waals surface area contributed by atoms with E-state index in [0.717, 1.165) is 19.1 Å². The Morgan fingerprint density at radius 2 is 1.57 bits per heavy atom. The first-order valence-corrected chi connectivity index (χ1v) is 5.25. The minimum atomic E-state index is -0.178. The summed E-state index contributed by atoms with van der Waals surface area (Å²) < 4.78 is 0. The zero-order chi connectivity index (χ0) is 9.31. The van der Waals surface area contributed by atoms with Crippen molar-refractivity contribution in [2.45, 2.75) is 31.7 Å². The minimum absolute atomic E-state index is 0. The molecule has 0 bridgehead atoms. The fraction of sp³-hybridized carbons (Fsp3) is 1.00. The number of hydrogen-bond acceptors (Lipinski definition) is 3. The molecule has 1 aliphatic heterocycles. The summed E-state index contributed by atoms with van der Waals surface area (Å²) in [5.41, 5.74) is -0.178. The summed E-state index contributed by atoms with van der Waals surface area (Å²) in [6.45, 7) is 2.05. The molecule has 2 N–H and O–H groups in total. The maximum Gasteiger partial charge on any atom is 0.0534 e. The van der Waals surface area contributed by atoms with Crippen molar-refractivity contribution in [1.29, 1.82) is 0 Å². The lowest BCUT2D eigenvalue weighted by Gasteiger charge is -2.51. The maximum absolute atomic E-state index is 9.11. The van der Waals surface area contributed by atoms with E-state index in [1.54, 1.807) is 0 Å². The van der Waals surface area contributed by atoms with E-state index in [4.69, 9.17) is 10.2 Å². The Morgan fingerprint density at radius 3 is 2.00 bits per heavy atom. The molecular formula is C10H20ClNO2. The largest absolute Gasteiger partial charge is 0.396 e. The van der Waals surface area contributed by atoms with Gasteiger partial charge in [0.1, 0.15) is 0 Å². The van der Waals surface area contributed by atoms with Crippen molar-refractivity contribution in [2.24, 2.45) is 5.41 Å². The molecule has 1 saturated heterocycles. The van der Waals surface area contributed by atoms with Crippen LogP contribution in [0.3, 0.4) is 0 Å². The van der Waals surface area contributed by atoms with Crippen LogP contribution in [0, 0.1) is 5.41 Å². The average molecular weight is 222 g/mol. The molecule has 2 aliphatic rings. The Bertz CT molecular complexity index is 171. The fourth-order valence-electron chi connectivity index (χ4n) is 2.59. The van der Waals surface area contributed by atoms with Gasteiger partial charge < -0.3 is 10.2 Å².